The van der Waals surface area contributed by atoms with Crippen molar-refractivity contribution < 1.29 is 14.2 Å². The number of methoxy groups -OCH3 is 2. The fraction of sp³-hybridized carbons (Fsp3) is 1.00. The van der Waals surface area contributed by atoms with Crippen molar-refractivity contribution in [2.75, 3.05) is 20.8 Å². The second-order valence-corrected chi connectivity index (χ2v) is 3.61. The van der Waals surface area contributed by atoms with Crippen LogP contribution in [0, 0.1) is 5.92 Å². The van der Waals surface area contributed by atoms with Gasteiger partial charge in [0.15, 0.2) is 0 Å². The molecule has 1 unspecified atom stereocenters. The Hall–Kier alpha value is -0.120. The van der Waals surface area contributed by atoms with E-state index < -0.39 is 0 Å². The minimum absolute atomic E-state index is 0.106. The molecule has 0 aromatic heterocycles. The molecular weight excluding hydrogens is 168 g/mol. The van der Waals surface area contributed by atoms with E-state index in [1.807, 2.05) is 0 Å². The molecule has 4 atom stereocenters. The van der Waals surface area contributed by atoms with Crippen molar-refractivity contribution in [1.29, 1.82) is 0 Å². The van der Waals surface area contributed by atoms with Gasteiger partial charge in [-0.3, -0.25) is 0 Å². The van der Waals surface area contributed by atoms with Gasteiger partial charge in [-0.1, -0.05) is 6.92 Å². The molecule has 0 aromatic rings. The van der Waals surface area contributed by atoms with Crippen LogP contribution < -0.4 is 0 Å². The molecule has 0 aromatic carbocycles. The summed E-state index contributed by atoms with van der Waals surface area (Å²) in [5.41, 5.74) is 0. The Balaban J connectivity index is 2.57. The van der Waals surface area contributed by atoms with Gasteiger partial charge in [-0.25, -0.2) is 0 Å². The predicted octanol–water partition coefficient (Wildman–Crippen LogP) is 1.46. The van der Waals surface area contributed by atoms with Crippen LogP contribution >= 0.6 is 0 Å². The summed E-state index contributed by atoms with van der Waals surface area (Å²) in [6.07, 6.45) is 1.69. The second kappa shape index (κ2) is 4.94. The summed E-state index contributed by atoms with van der Waals surface area (Å²) in [6.45, 7) is 4.90. The van der Waals surface area contributed by atoms with E-state index in [-0.39, 0.29) is 18.3 Å². The quantitative estimate of drug-likeness (QED) is 0.668. The fourth-order valence-corrected chi connectivity index (χ4v) is 2.19. The summed E-state index contributed by atoms with van der Waals surface area (Å²) in [7, 11) is 3.44. The van der Waals surface area contributed by atoms with Gasteiger partial charge in [0.2, 0.25) is 0 Å². The zero-order valence-electron chi connectivity index (χ0n) is 8.95. The van der Waals surface area contributed by atoms with Crippen molar-refractivity contribution in [3.63, 3.8) is 0 Å². The minimum Gasteiger partial charge on any atom is -0.382 e. The van der Waals surface area contributed by atoms with Crippen molar-refractivity contribution in [2.24, 2.45) is 5.92 Å². The highest BCUT2D eigenvalue weighted by Crippen LogP contribution is 2.31. The van der Waals surface area contributed by atoms with E-state index in [1.165, 1.54) is 0 Å². The van der Waals surface area contributed by atoms with E-state index in [4.69, 9.17) is 14.2 Å². The molecule has 0 saturated carbocycles. The summed E-state index contributed by atoms with van der Waals surface area (Å²) in [5.74, 6) is 0.505. The van der Waals surface area contributed by atoms with E-state index >= 15 is 0 Å². The largest absolute Gasteiger partial charge is 0.382 e. The number of ether oxygens (including phenoxy) is 3. The van der Waals surface area contributed by atoms with E-state index in [9.17, 15) is 0 Å². The maximum Gasteiger partial charge on any atom is 0.108 e. The average Bonchev–Trinajstić information content (AvgIpc) is 2.41. The normalized spacial score (nSPS) is 39.7. The molecule has 0 amide bonds. The summed E-state index contributed by atoms with van der Waals surface area (Å²) in [5, 5.41) is 0. The first-order valence-corrected chi connectivity index (χ1v) is 4.91. The van der Waals surface area contributed by atoms with Crippen LogP contribution in [0.1, 0.15) is 20.3 Å². The lowest BCUT2D eigenvalue weighted by Gasteiger charge is -2.20. The van der Waals surface area contributed by atoms with Crippen molar-refractivity contribution in [2.45, 2.75) is 38.6 Å². The van der Waals surface area contributed by atoms with Crippen molar-refractivity contribution in [1.82, 2.24) is 0 Å². The van der Waals surface area contributed by atoms with Gasteiger partial charge in [0.05, 0.1) is 18.8 Å². The standard InChI is InChI=1S/C10H20O3/c1-5-8-7(2)13-9(6-11-3)10(8)12-4/h7-10H,5-6H2,1-4H3/t7-,8?,9+,10+/m0/s1. The van der Waals surface area contributed by atoms with Gasteiger partial charge in [0, 0.05) is 20.1 Å². The molecule has 1 heterocycles. The van der Waals surface area contributed by atoms with Crippen molar-refractivity contribution in [3.05, 3.63) is 0 Å². The Bertz CT molecular complexity index is 149. The van der Waals surface area contributed by atoms with Crippen LogP contribution in [0.4, 0.5) is 0 Å². The Kier molecular flexibility index (Phi) is 4.16. The molecule has 1 saturated heterocycles. The highest BCUT2D eigenvalue weighted by molar-refractivity contribution is 4.88. The van der Waals surface area contributed by atoms with E-state index in [2.05, 4.69) is 13.8 Å². The highest BCUT2D eigenvalue weighted by atomic mass is 16.6. The lowest BCUT2D eigenvalue weighted by atomic mass is 9.94. The maximum absolute atomic E-state index is 5.76. The fourth-order valence-electron chi connectivity index (χ4n) is 2.19. The van der Waals surface area contributed by atoms with Gasteiger partial charge in [0.25, 0.3) is 0 Å². The third kappa shape index (κ3) is 2.22. The molecule has 1 aliphatic heterocycles. The molecule has 0 radical (unpaired) electrons. The molecular formula is C10H20O3. The Morgan fingerprint density at radius 1 is 1.31 bits per heavy atom. The Morgan fingerprint density at radius 2 is 2.00 bits per heavy atom. The molecule has 1 aliphatic rings. The van der Waals surface area contributed by atoms with Gasteiger partial charge >= 0.3 is 0 Å². The number of rotatable bonds is 4. The van der Waals surface area contributed by atoms with E-state index in [0.717, 1.165) is 6.42 Å². The van der Waals surface area contributed by atoms with Crippen LogP contribution in [0.5, 0.6) is 0 Å². The van der Waals surface area contributed by atoms with Crippen LogP contribution in [-0.2, 0) is 14.2 Å². The molecule has 1 fully saturated rings. The number of hydrogen-bond acceptors (Lipinski definition) is 3. The topological polar surface area (TPSA) is 27.7 Å². The molecule has 0 spiro atoms. The van der Waals surface area contributed by atoms with Gasteiger partial charge in [-0.05, 0) is 13.3 Å². The van der Waals surface area contributed by atoms with E-state index in [1.54, 1.807) is 14.2 Å². The zero-order chi connectivity index (χ0) is 9.84. The SMILES string of the molecule is CCC1[C@H](C)O[C@H](COC)[C@@H]1OC. The summed E-state index contributed by atoms with van der Waals surface area (Å²) >= 11 is 0. The average molecular weight is 188 g/mol. The number of hydrogen-bond donors (Lipinski definition) is 0. The van der Waals surface area contributed by atoms with Crippen molar-refractivity contribution in [3.8, 4) is 0 Å². The smallest absolute Gasteiger partial charge is 0.108 e. The summed E-state index contributed by atoms with van der Waals surface area (Å²) < 4.78 is 16.3. The van der Waals surface area contributed by atoms with Crippen LogP contribution in [-0.4, -0.2) is 39.1 Å². The van der Waals surface area contributed by atoms with Crippen molar-refractivity contribution >= 4 is 0 Å². The monoisotopic (exact) mass is 188 g/mol. The molecule has 78 valence electrons. The lowest BCUT2D eigenvalue weighted by molar-refractivity contribution is -0.0412. The predicted molar refractivity (Wildman–Crippen MR) is 50.8 cm³/mol. The first-order chi connectivity index (χ1) is 6.24. The minimum atomic E-state index is 0.106. The highest BCUT2D eigenvalue weighted by Gasteiger charge is 2.41. The first-order valence-electron chi connectivity index (χ1n) is 4.91. The molecule has 1 rings (SSSR count). The first kappa shape index (κ1) is 11.0. The van der Waals surface area contributed by atoms with E-state index in [0.29, 0.717) is 12.5 Å². The second-order valence-electron chi connectivity index (χ2n) is 3.61. The molecule has 13 heavy (non-hydrogen) atoms. The van der Waals surface area contributed by atoms with Crippen LogP contribution in [0.3, 0.4) is 0 Å². The van der Waals surface area contributed by atoms with Gasteiger partial charge in [-0.15, -0.1) is 0 Å². The third-order valence-corrected chi connectivity index (χ3v) is 2.86. The van der Waals surface area contributed by atoms with Crippen LogP contribution in [0.2, 0.25) is 0 Å². The van der Waals surface area contributed by atoms with Gasteiger partial charge in [0.1, 0.15) is 6.10 Å². The summed E-state index contributed by atoms with van der Waals surface area (Å²) in [4.78, 5) is 0. The lowest BCUT2D eigenvalue weighted by Crippen LogP contribution is -2.32. The van der Waals surface area contributed by atoms with Gasteiger partial charge < -0.3 is 14.2 Å². The third-order valence-electron chi connectivity index (χ3n) is 2.86. The molecule has 3 heteroatoms. The summed E-state index contributed by atoms with van der Waals surface area (Å²) in [6, 6.07) is 0. The molecule has 3 nitrogen and oxygen atoms in total. The molecule has 0 aliphatic carbocycles. The maximum atomic E-state index is 5.76. The van der Waals surface area contributed by atoms with Crippen LogP contribution in [0.25, 0.3) is 0 Å². The molecule has 0 bridgehead atoms. The zero-order valence-corrected chi connectivity index (χ0v) is 8.95. The van der Waals surface area contributed by atoms with Crippen LogP contribution in [0.15, 0.2) is 0 Å². The van der Waals surface area contributed by atoms with Gasteiger partial charge in [-0.2, -0.15) is 0 Å². The Labute approximate surface area is 80.4 Å². The Morgan fingerprint density at radius 3 is 2.46 bits per heavy atom. The molecule has 0 N–H and O–H groups in total.